The minimum absolute atomic E-state index is 0.156. The molecule has 0 aromatic heterocycles. The lowest BCUT2D eigenvalue weighted by atomic mass is 9.76. The molecule has 0 saturated heterocycles. The van der Waals surface area contributed by atoms with E-state index >= 15 is 0 Å². The van der Waals surface area contributed by atoms with E-state index < -0.39 is 17.0 Å². The van der Waals surface area contributed by atoms with Gasteiger partial charge in [0, 0.05) is 23.2 Å². The summed E-state index contributed by atoms with van der Waals surface area (Å²) in [6, 6.07) is 12.0. The van der Waals surface area contributed by atoms with E-state index in [4.69, 9.17) is 11.5 Å². The van der Waals surface area contributed by atoms with Crippen LogP contribution < -0.4 is 11.5 Å². The maximum Gasteiger partial charge on any atom is 0.164 e. The van der Waals surface area contributed by atoms with Gasteiger partial charge in [0.25, 0.3) is 0 Å². The van der Waals surface area contributed by atoms with Crippen molar-refractivity contribution in [3.8, 4) is 0 Å². The second-order valence-electron chi connectivity index (χ2n) is 5.25. The molecular formula is C16H18F2N2. The standard InChI is InChI=1S/C16H18F2N2/c1-16(10-19,9-11-5-3-2-4-6-11)14-13(20)8-7-12(17)15(14)18/h2-8H,9-10,19-20H2,1H3. The third-order valence-corrected chi connectivity index (χ3v) is 3.62. The highest BCUT2D eigenvalue weighted by atomic mass is 19.2. The molecule has 0 saturated carbocycles. The number of rotatable bonds is 4. The number of hydrogen-bond acceptors (Lipinski definition) is 2. The Labute approximate surface area is 117 Å². The molecule has 0 heterocycles. The van der Waals surface area contributed by atoms with E-state index in [-0.39, 0.29) is 17.8 Å². The Kier molecular flexibility index (Phi) is 4.04. The number of nitrogens with two attached hydrogens (primary N) is 2. The molecule has 0 spiro atoms. The van der Waals surface area contributed by atoms with Crippen LogP contribution in [-0.4, -0.2) is 6.54 Å². The van der Waals surface area contributed by atoms with Gasteiger partial charge in [-0.15, -0.1) is 0 Å². The highest BCUT2D eigenvalue weighted by Gasteiger charge is 2.32. The Morgan fingerprint density at radius 3 is 2.30 bits per heavy atom. The first kappa shape index (κ1) is 14.5. The topological polar surface area (TPSA) is 52.0 Å². The summed E-state index contributed by atoms with van der Waals surface area (Å²) in [7, 11) is 0. The predicted octanol–water partition coefficient (Wildman–Crippen LogP) is 3.01. The third-order valence-electron chi connectivity index (χ3n) is 3.62. The van der Waals surface area contributed by atoms with Gasteiger partial charge in [-0.25, -0.2) is 8.78 Å². The molecule has 0 aliphatic rings. The first-order valence-electron chi connectivity index (χ1n) is 6.46. The molecule has 2 aromatic rings. The fourth-order valence-corrected chi connectivity index (χ4v) is 2.49. The average Bonchev–Trinajstić information content (AvgIpc) is 2.44. The largest absolute Gasteiger partial charge is 0.398 e. The van der Waals surface area contributed by atoms with Crippen molar-refractivity contribution in [3.05, 3.63) is 65.2 Å². The van der Waals surface area contributed by atoms with Gasteiger partial charge in [-0.05, 0) is 24.1 Å². The Morgan fingerprint density at radius 1 is 1.05 bits per heavy atom. The van der Waals surface area contributed by atoms with Gasteiger partial charge < -0.3 is 11.5 Å². The minimum atomic E-state index is -0.908. The van der Waals surface area contributed by atoms with Crippen LogP contribution in [0, 0.1) is 11.6 Å². The molecule has 20 heavy (non-hydrogen) atoms. The van der Waals surface area contributed by atoms with Gasteiger partial charge in [0.05, 0.1) is 0 Å². The fraction of sp³-hybridized carbons (Fsp3) is 0.250. The molecule has 2 rings (SSSR count). The fourth-order valence-electron chi connectivity index (χ4n) is 2.49. The zero-order valence-corrected chi connectivity index (χ0v) is 11.4. The van der Waals surface area contributed by atoms with Crippen molar-refractivity contribution in [2.24, 2.45) is 5.73 Å². The van der Waals surface area contributed by atoms with Crippen LogP contribution in [0.1, 0.15) is 18.1 Å². The van der Waals surface area contributed by atoms with Gasteiger partial charge in [-0.2, -0.15) is 0 Å². The second kappa shape index (κ2) is 5.59. The molecule has 0 bridgehead atoms. The molecule has 1 atom stereocenters. The number of nitrogen functional groups attached to an aromatic ring is 1. The van der Waals surface area contributed by atoms with E-state index in [0.29, 0.717) is 6.42 Å². The number of benzene rings is 2. The summed E-state index contributed by atoms with van der Waals surface area (Å²) in [5, 5.41) is 0. The van der Waals surface area contributed by atoms with Gasteiger partial charge in [0.1, 0.15) is 0 Å². The van der Waals surface area contributed by atoms with E-state index in [1.807, 2.05) is 30.3 Å². The van der Waals surface area contributed by atoms with Crippen molar-refractivity contribution in [1.82, 2.24) is 0 Å². The molecule has 0 aliphatic carbocycles. The van der Waals surface area contributed by atoms with Crippen molar-refractivity contribution in [3.63, 3.8) is 0 Å². The molecule has 4 heteroatoms. The van der Waals surface area contributed by atoms with Gasteiger partial charge in [0.15, 0.2) is 11.6 Å². The first-order chi connectivity index (χ1) is 9.48. The number of halogens is 2. The van der Waals surface area contributed by atoms with E-state index in [1.54, 1.807) is 6.92 Å². The van der Waals surface area contributed by atoms with E-state index in [9.17, 15) is 8.78 Å². The lowest BCUT2D eigenvalue weighted by Crippen LogP contribution is -2.36. The van der Waals surface area contributed by atoms with E-state index in [1.165, 1.54) is 6.07 Å². The summed E-state index contributed by atoms with van der Waals surface area (Å²) in [6.45, 7) is 1.97. The smallest absolute Gasteiger partial charge is 0.164 e. The SMILES string of the molecule is CC(CN)(Cc1ccccc1)c1c(N)ccc(F)c1F. The van der Waals surface area contributed by atoms with Gasteiger partial charge >= 0.3 is 0 Å². The summed E-state index contributed by atoms with van der Waals surface area (Å²) in [5.74, 6) is -1.81. The van der Waals surface area contributed by atoms with Crippen LogP contribution in [0.4, 0.5) is 14.5 Å². The Hall–Kier alpha value is -1.94. The molecule has 1 unspecified atom stereocenters. The highest BCUT2D eigenvalue weighted by molar-refractivity contribution is 5.52. The van der Waals surface area contributed by atoms with Crippen LogP contribution in [0.3, 0.4) is 0 Å². The number of anilines is 1. The van der Waals surface area contributed by atoms with Gasteiger partial charge in [-0.3, -0.25) is 0 Å². The van der Waals surface area contributed by atoms with E-state index in [2.05, 4.69) is 0 Å². The zero-order valence-electron chi connectivity index (χ0n) is 11.4. The summed E-state index contributed by atoms with van der Waals surface area (Å²) >= 11 is 0. The lowest BCUT2D eigenvalue weighted by molar-refractivity contribution is 0.427. The normalized spacial score (nSPS) is 14.0. The van der Waals surface area contributed by atoms with Crippen LogP contribution in [0.5, 0.6) is 0 Å². The monoisotopic (exact) mass is 276 g/mol. The van der Waals surface area contributed by atoms with Crippen molar-refractivity contribution < 1.29 is 8.78 Å². The summed E-state index contributed by atoms with van der Waals surface area (Å²) in [5.41, 5.74) is 12.3. The van der Waals surface area contributed by atoms with E-state index in [0.717, 1.165) is 11.6 Å². The summed E-state index contributed by atoms with van der Waals surface area (Å²) in [4.78, 5) is 0. The van der Waals surface area contributed by atoms with Crippen LogP contribution in [0.25, 0.3) is 0 Å². The molecular weight excluding hydrogens is 258 g/mol. The quantitative estimate of drug-likeness (QED) is 0.843. The van der Waals surface area contributed by atoms with Crippen molar-refractivity contribution in [1.29, 1.82) is 0 Å². The summed E-state index contributed by atoms with van der Waals surface area (Å²) < 4.78 is 27.6. The predicted molar refractivity (Wildman–Crippen MR) is 77.3 cm³/mol. The second-order valence-corrected chi connectivity index (χ2v) is 5.25. The molecule has 106 valence electrons. The van der Waals surface area contributed by atoms with Crippen LogP contribution in [-0.2, 0) is 11.8 Å². The average molecular weight is 276 g/mol. The Bertz CT molecular complexity index is 599. The molecule has 0 fully saturated rings. The Morgan fingerprint density at radius 2 is 1.70 bits per heavy atom. The molecule has 2 aromatic carbocycles. The summed E-state index contributed by atoms with van der Waals surface area (Å²) in [6.07, 6.45) is 0.495. The molecule has 2 nitrogen and oxygen atoms in total. The molecule has 4 N–H and O–H groups in total. The lowest BCUT2D eigenvalue weighted by Gasteiger charge is -2.30. The molecule has 0 radical (unpaired) electrons. The van der Waals surface area contributed by atoms with Crippen molar-refractivity contribution in [2.75, 3.05) is 12.3 Å². The van der Waals surface area contributed by atoms with Crippen molar-refractivity contribution >= 4 is 5.69 Å². The molecule has 0 aliphatic heterocycles. The van der Waals surface area contributed by atoms with Gasteiger partial charge in [0.2, 0.25) is 0 Å². The highest BCUT2D eigenvalue weighted by Crippen LogP contribution is 2.34. The first-order valence-corrected chi connectivity index (χ1v) is 6.46. The number of hydrogen-bond donors (Lipinski definition) is 2. The van der Waals surface area contributed by atoms with Crippen molar-refractivity contribution in [2.45, 2.75) is 18.8 Å². The third kappa shape index (κ3) is 2.65. The Balaban J connectivity index is 2.48. The van der Waals surface area contributed by atoms with Gasteiger partial charge in [-0.1, -0.05) is 37.3 Å². The van der Waals surface area contributed by atoms with Crippen LogP contribution in [0.15, 0.2) is 42.5 Å². The van der Waals surface area contributed by atoms with Crippen LogP contribution in [0.2, 0.25) is 0 Å². The maximum atomic E-state index is 14.1. The van der Waals surface area contributed by atoms with Crippen LogP contribution >= 0.6 is 0 Å². The molecule has 0 amide bonds. The maximum absolute atomic E-state index is 14.1. The zero-order chi connectivity index (χ0) is 14.8. The minimum Gasteiger partial charge on any atom is -0.398 e.